The molecule has 0 amide bonds. The Hall–Kier alpha value is -1.35. The van der Waals surface area contributed by atoms with E-state index in [0.717, 1.165) is 16.5 Å². The maximum Gasteiger partial charge on any atom is 0.134 e. The van der Waals surface area contributed by atoms with Crippen LogP contribution < -0.4 is 0 Å². The lowest BCUT2D eigenvalue weighted by Crippen LogP contribution is -1.96. The summed E-state index contributed by atoms with van der Waals surface area (Å²) in [6.07, 6.45) is 0.399. The largest absolute Gasteiger partial charge is 0.300 e. The number of ketones is 1. The third-order valence-corrected chi connectivity index (χ3v) is 2.34. The minimum absolute atomic E-state index is 0.120. The van der Waals surface area contributed by atoms with Gasteiger partial charge >= 0.3 is 0 Å². The highest BCUT2D eigenvalue weighted by Gasteiger charge is 2.09. The molecule has 1 heterocycles. The highest BCUT2D eigenvalue weighted by Crippen LogP contribution is 2.24. The van der Waals surface area contributed by atoms with Gasteiger partial charge in [-0.15, -0.1) is 0 Å². The van der Waals surface area contributed by atoms with Crippen molar-refractivity contribution >= 4 is 28.3 Å². The lowest BCUT2D eigenvalue weighted by molar-refractivity contribution is -0.116. The number of hydrogen-bond donors (Lipinski definition) is 1. The number of hydrogen-bond acceptors (Lipinski definition) is 2. The number of carbonyl (C=O) groups excluding carboxylic acids is 1. The summed E-state index contributed by atoms with van der Waals surface area (Å²) in [6.45, 7) is 1.56. The van der Waals surface area contributed by atoms with Crippen LogP contribution in [0.3, 0.4) is 0 Å². The molecule has 1 aromatic carbocycles. The predicted octanol–water partition coefficient (Wildman–Crippen LogP) is 2.35. The lowest BCUT2D eigenvalue weighted by Gasteiger charge is -1.99. The van der Waals surface area contributed by atoms with Crippen LogP contribution in [0.4, 0.5) is 0 Å². The summed E-state index contributed by atoms with van der Waals surface area (Å²) in [4.78, 5) is 11.0. The molecule has 0 spiro atoms. The Kier molecular flexibility index (Phi) is 2.25. The van der Waals surface area contributed by atoms with Crippen molar-refractivity contribution in [3.8, 4) is 0 Å². The molecule has 0 aliphatic carbocycles. The van der Waals surface area contributed by atoms with Gasteiger partial charge in [0.15, 0.2) is 0 Å². The van der Waals surface area contributed by atoms with Gasteiger partial charge in [0.05, 0.1) is 5.52 Å². The van der Waals surface area contributed by atoms with Gasteiger partial charge in [0.1, 0.15) is 10.9 Å². The number of nitrogens with zero attached hydrogens (tertiary/aromatic N) is 1. The van der Waals surface area contributed by atoms with Crippen LogP contribution in [0, 0.1) is 0 Å². The molecule has 0 atom stereocenters. The van der Waals surface area contributed by atoms with Gasteiger partial charge < -0.3 is 0 Å². The average molecular weight is 209 g/mol. The molecular weight excluding hydrogens is 200 g/mol. The molecule has 1 N–H and O–H groups in total. The second-order valence-electron chi connectivity index (χ2n) is 3.23. The first kappa shape index (κ1) is 9.21. The molecule has 2 aromatic rings. The van der Waals surface area contributed by atoms with Crippen molar-refractivity contribution in [2.24, 2.45) is 0 Å². The maximum atomic E-state index is 11.0. The molecule has 0 saturated heterocycles. The highest BCUT2D eigenvalue weighted by atomic mass is 35.5. The Bertz CT molecular complexity index is 490. The molecule has 2 rings (SSSR count). The zero-order valence-electron chi connectivity index (χ0n) is 7.67. The van der Waals surface area contributed by atoms with Gasteiger partial charge in [0, 0.05) is 11.8 Å². The quantitative estimate of drug-likeness (QED) is 0.824. The Balaban J connectivity index is 2.63. The molecule has 1 aromatic heterocycles. The number of halogens is 1. The fourth-order valence-electron chi connectivity index (χ4n) is 1.51. The molecule has 0 aliphatic heterocycles. The molecule has 3 nitrogen and oxygen atoms in total. The Morgan fingerprint density at radius 1 is 1.57 bits per heavy atom. The van der Waals surface area contributed by atoms with E-state index in [1.54, 1.807) is 6.92 Å². The zero-order chi connectivity index (χ0) is 10.1. The van der Waals surface area contributed by atoms with Crippen LogP contribution in [0.15, 0.2) is 18.2 Å². The number of benzene rings is 1. The molecule has 0 fully saturated rings. The van der Waals surface area contributed by atoms with Crippen LogP contribution in [0.25, 0.3) is 10.9 Å². The third-order valence-electron chi connectivity index (χ3n) is 2.06. The monoisotopic (exact) mass is 208 g/mol. The van der Waals surface area contributed by atoms with Gasteiger partial charge in [0.2, 0.25) is 0 Å². The van der Waals surface area contributed by atoms with Gasteiger partial charge in [-0.2, -0.15) is 5.10 Å². The second-order valence-corrected chi connectivity index (χ2v) is 3.61. The predicted molar refractivity (Wildman–Crippen MR) is 55.5 cm³/mol. The Morgan fingerprint density at radius 2 is 2.36 bits per heavy atom. The van der Waals surface area contributed by atoms with Crippen LogP contribution in [0.2, 0.25) is 5.15 Å². The zero-order valence-corrected chi connectivity index (χ0v) is 8.43. The lowest BCUT2D eigenvalue weighted by atomic mass is 10.1. The van der Waals surface area contributed by atoms with Gasteiger partial charge in [-0.3, -0.25) is 9.89 Å². The van der Waals surface area contributed by atoms with Crippen molar-refractivity contribution in [2.75, 3.05) is 0 Å². The number of rotatable bonds is 2. The van der Waals surface area contributed by atoms with Crippen LogP contribution in [0.1, 0.15) is 12.5 Å². The molecule has 4 heteroatoms. The van der Waals surface area contributed by atoms with Crippen LogP contribution in [0.5, 0.6) is 0 Å². The van der Waals surface area contributed by atoms with E-state index in [4.69, 9.17) is 11.6 Å². The van der Waals surface area contributed by atoms with E-state index in [-0.39, 0.29) is 5.78 Å². The van der Waals surface area contributed by atoms with Gasteiger partial charge in [-0.05, 0) is 18.6 Å². The SMILES string of the molecule is CC(=O)Cc1cccc2n[nH]c(Cl)c12. The highest BCUT2D eigenvalue weighted by molar-refractivity contribution is 6.34. The normalized spacial score (nSPS) is 10.7. The molecule has 0 aliphatic rings. The number of carbonyl (C=O) groups is 1. The van der Waals surface area contributed by atoms with E-state index in [1.165, 1.54) is 0 Å². The molecular formula is C10H9ClN2O. The minimum atomic E-state index is 0.120. The molecule has 0 unspecified atom stereocenters. The van der Waals surface area contributed by atoms with Crippen molar-refractivity contribution < 1.29 is 4.79 Å². The fourth-order valence-corrected chi connectivity index (χ4v) is 1.77. The first-order valence-corrected chi connectivity index (χ1v) is 4.67. The second kappa shape index (κ2) is 3.42. The van der Waals surface area contributed by atoms with Crippen molar-refractivity contribution in [2.45, 2.75) is 13.3 Å². The smallest absolute Gasteiger partial charge is 0.134 e. The van der Waals surface area contributed by atoms with E-state index in [9.17, 15) is 4.79 Å². The van der Waals surface area contributed by atoms with E-state index in [2.05, 4.69) is 10.2 Å². The first-order chi connectivity index (χ1) is 6.68. The van der Waals surface area contributed by atoms with Gasteiger partial charge in [-0.1, -0.05) is 23.7 Å². The van der Waals surface area contributed by atoms with Crippen molar-refractivity contribution in [3.05, 3.63) is 28.9 Å². The number of aromatic amines is 1. The topological polar surface area (TPSA) is 45.8 Å². The summed E-state index contributed by atoms with van der Waals surface area (Å²) in [5.74, 6) is 0.120. The van der Waals surface area contributed by atoms with Crippen LogP contribution in [-0.4, -0.2) is 16.0 Å². The van der Waals surface area contributed by atoms with Gasteiger partial charge in [-0.25, -0.2) is 0 Å². The number of nitrogens with one attached hydrogen (secondary N) is 1. The minimum Gasteiger partial charge on any atom is -0.300 e. The first-order valence-electron chi connectivity index (χ1n) is 4.29. The number of fused-ring (bicyclic) bond motifs is 1. The Labute approximate surface area is 86.1 Å². The average Bonchev–Trinajstić information content (AvgIpc) is 2.48. The number of aromatic nitrogens is 2. The van der Waals surface area contributed by atoms with E-state index in [1.807, 2.05) is 18.2 Å². The summed E-state index contributed by atoms with van der Waals surface area (Å²) >= 11 is 5.93. The summed E-state index contributed by atoms with van der Waals surface area (Å²) in [7, 11) is 0. The van der Waals surface area contributed by atoms with E-state index >= 15 is 0 Å². The molecule has 0 radical (unpaired) electrons. The summed E-state index contributed by atoms with van der Waals surface area (Å²) in [5.41, 5.74) is 1.72. The summed E-state index contributed by atoms with van der Waals surface area (Å²) in [5, 5.41) is 8.06. The summed E-state index contributed by atoms with van der Waals surface area (Å²) < 4.78 is 0. The number of H-pyrrole nitrogens is 1. The molecule has 0 saturated carbocycles. The standard InChI is InChI=1S/C10H9ClN2O/c1-6(14)5-7-3-2-4-8-9(7)10(11)13-12-8/h2-4H,5H2,1H3,(H,12,13). The van der Waals surface area contributed by atoms with Crippen molar-refractivity contribution in [1.29, 1.82) is 0 Å². The maximum absolute atomic E-state index is 11.0. The van der Waals surface area contributed by atoms with Gasteiger partial charge in [0.25, 0.3) is 0 Å². The van der Waals surface area contributed by atoms with Crippen LogP contribution in [-0.2, 0) is 11.2 Å². The van der Waals surface area contributed by atoms with E-state index < -0.39 is 0 Å². The molecule has 0 bridgehead atoms. The van der Waals surface area contributed by atoms with Crippen molar-refractivity contribution in [1.82, 2.24) is 10.2 Å². The Morgan fingerprint density at radius 3 is 3.07 bits per heavy atom. The third kappa shape index (κ3) is 1.51. The van der Waals surface area contributed by atoms with E-state index in [0.29, 0.717) is 11.6 Å². The van der Waals surface area contributed by atoms with Crippen LogP contribution >= 0.6 is 11.6 Å². The fraction of sp³-hybridized carbons (Fsp3) is 0.200. The molecule has 72 valence electrons. The molecule has 14 heavy (non-hydrogen) atoms. The number of Topliss-reactive ketones (excluding diaryl/α,β-unsaturated/α-hetero) is 1. The summed E-state index contributed by atoms with van der Waals surface area (Å²) in [6, 6.07) is 5.63. The van der Waals surface area contributed by atoms with Crippen molar-refractivity contribution in [3.63, 3.8) is 0 Å².